The van der Waals surface area contributed by atoms with Crippen molar-refractivity contribution < 1.29 is 23.8 Å². The molecule has 16 heavy (non-hydrogen) atoms. The van der Waals surface area contributed by atoms with Crippen molar-refractivity contribution in [2.75, 3.05) is 0 Å². The molecule has 0 aromatic heterocycles. The second-order valence-electron chi connectivity index (χ2n) is 3.90. The molecule has 0 saturated heterocycles. The Balaban J connectivity index is 2.50. The van der Waals surface area contributed by atoms with Crippen molar-refractivity contribution in [3.05, 3.63) is 35.1 Å². The summed E-state index contributed by atoms with van der Waals surface area (Å²) in [7, 11) is 0. The molecule has 4 nitrogen and oxygen atoms in total. The van der Waals surface area contributed by atoms with Crippen molar-refractivity contribution >= 4 is 11.9 Å². The number of carboxylic acids is 1. The van der Waals surface area contributed by atoms with E-state index >= 15 is 0 Å². The predicted octanol–water partition coefficient (Wildman–Crippen LogP) is 1.38. The summed E-state index contributed by atoms with van der Waals surface area (Å²) in [5.41, 5.74) is -1.03. The van der Waals surface area contributed by atoms with Gasteiger partial charge in [-0.25, -0.2) is 14.0 Å². The Labute approximate surface area is 90.6 Å². The third kappa shape index (κ3) is 1.54. The molecule has 84 valence electrons. The molecule has 1 unspecified atom stereocenters. The highest BCUT2D eigenvalue weighted by molar-refractivity contribution is 5.95. The molecule has 1 aliphatic heterocycles. The second kappa shape index (κ2) is 3.30. The Morgan fingerprint density at radius 3 is 2.88 bits per heavy atom. The highest BCUT2D eigenvalue weighted by Gasteiger charge is 2.42. The van der Waals surface area contributed by atoms with Gasteiger partial charge in [0.1, 0.15) is 5.82 Å². The molecule has 1 N–H and O–H groups in total. The number of ether oxygens (including phenoxy) is 1. The Morgan fingerprint density at radius 2 is 2.25 bits per heavy atom. The van der Waals surface area contributed by atoms with Crippen LogP contribution in [0.1, 0.15) is 22.8 Å². The van der Waals surface area contributed by atoms with Crippen LogP contribution in [0.25, 0.3) is 0 Å². The Morgan fingerprint density at radius 1 is 1.56 bits per heavy atom. The monoisotopic (exact) mass is 224 g/mol. The van der Waals surface area contributed by atoms with Gasteiger partial charge in [0.2, 0.25) is 5.60 Å². The van der Waals surface area contributed by atoms with Crippen molar-refractivity contribution in [2.45, 2.75) is 18.9 Å². The second-order valence-corrected chi connectivity index (χ2v) is 3.90. The van der Waals surface area contributed by atoms with E-state index < -0.39 is 23.4 Å². The van der Waals surface area contributed by atoms with Gasteiger partial charge in [0.25, 0.3) is 0 Å². The lowest BCUT2D eigenvalue weighted by molar-refractivity contribution is -0.158. The molecular weight excluding hydrogens is 215 g/mol. The molecule has 0 amide bonds. The highest BCUT2D eigenvalue weighted by Crippen LogP contribution is 2.28. The summed E-state index contributed by atoms with van der Waals surface area (Å²) in [5.74, 6) is -2.47. The summed E-state index contributed by atoms with van der Waals surface area (Å²) < 4.78 is 17.8. The quantitative estimate of drug-likeness (QED) is 0.732. The fourth-order valence-electron chi connectivity index (χ4n) is 1.69. The van der Waals surface area contributed by atoms with Crippen LogP contribution in [0.3, 0.4) is 0 Å². The van der Waals surface area contributed by atoms with Gasteiger partial charge in [0.05, 0.1) is 5.56 Å². The van der Waals surface area contributed by atoms with Crippen molar-refractivity contribution in [1.82, 2.24) is 0 Å². The number of benzene rings is 1. The van der Waals surface area contributed by atoms with Crippen molar-refractivity contribution in [1.29, 1.82) is 0 Å². The van der Waals surface area contributed by atoms with Crippen LogP contribution < -0.4 is 0 Å². The molecule has 1 aromatic carbocycles. The molecule has 1 heterocycles. The molecule has 1 aliphatic rings. The van der Waals surface area contributed by atoms with E-state index in [-0.39, 0.29) is 12.0 Å². The number of hydrogen-bond acceptors (Lipinski definition) is 3. The normalized spacial score (nSPS) is 23.5. The van der Waals surface area contributed by atoms with Crippen molar-refractivity contribution in [3.8, 4) is 0 Å². The zero-order valence-electron chi connectivity index (χ0n) is 8.49. The van der Waals surface area contributed by atoms with E-state index in [1.807, 2.05) is 0 Å². The van der Waals surface area contributed by atoms with Gasteiger partial charge in [-0.3, -0.25) is 0 Å². The molecule has 5 heteroatoms. The van der Waals surface area contributed by atoms with Crippen LogP contribution in [0.5, 0.6) is 0 Å². The maximum atomic E-state index is 13.0. The molecule has 0 radical (unpaired) electrons. The molecule has 1 atom stereocenters. The summed E-state index contributed by atoms with van der Waals surface area (Å²) in [6.07, 6.45) is -0.0266. The third-order valence-corrected chi connectivity index (χ3v) is 2.59. The molecule has 0 fully saturated rings. The van der Waals surface area contributed by atoms with Gasteiger partial charge in [0, 0.05) is 6.42 Å². The molecular formula is C11H9FO4. The number of carbonyl (C=O) groups excluding carboxylic acids is 1. The SMILES string of the molecule is CC1(C(=O)O)Cc2cc(F)ccc2C(=O)O1. The van der Waals surface area contributed by atoms with Crippen molar-refractivity contribution in [2.24, 2.45) is 0 Å². The maximum absolute atomic E-state index is 13.0. The number of esters is 1. The lowest BCUT2D eigenvalue weighted by Gasteiger charge is -2.30. The molecule has 2 rings (SSSR count). The maximum Gasteiger partial charge on any atom is 0.348 e. The number of fused-ring (bicyclic) bond motifs is 1. The van der Waals surface area contributed by atoms with Gasteiger partial charge < -0.3 is 9.84 Å². The molecule has 1 aromatic rings. The number of carbonyl (C=O) groups is 2. The first kappa shape index (κ1) is 10.6. The number of hydrogen-bond donors (Lipinski definition) is 1. The van der Waals surface area contributed by atoms with E-state index in [0.29, 0.717) is 5.56 Å². The van der Waals surface area contributed by atoms with Crippen LogP contribution in [0.15, 0.2) is 18.2 Å². The predicted molar refractivity (Wildman–Crippen MR) is 51.6 cm³/mol. The largest absolute Gasteiger partial charge is 0.478 e. The molecule has 0 aliphatic carbocycles. The van der Waals surface area contributed by atoms with Crippen molar-refractivity contribution in [3.63, 3.8) is 0 Å². The number of cyclic esters (lactones) is 1. The molecule has 0 saturated carbocycles. The van der Waals surface area contributed by atoms with Crippen LogP contribution in [-0.2, 0) is 16.0 Å². The Kier molecular flexibility index (Phi) is 2.18. The van der Waals surface area contributed by atoms with E-state index in [1.165, 1.54) is 13.0 Å². The van der Waals surface area contributed by atoms with E-state index in [2.05, 4.69) is 0 Å². The smallest absolute Gasteiger partial charge is 0.348 e. The van der Waals surface area contributed by atoms with Gasteiger partial charge >= 0.3 is 11.9 Å². The minimum atomic E-state index is -1.61. The van der Waals surface area contributed by atoms with Crippen LogP contribution in [-0.4, -0.2) is 22.6 Å². The number of aliphatic carboxylic acids is 1. The summed E-state index contributed by atoms with van der Waals surface area (Å²) >= 11 is 0. The van der Waals surface area contributed by atoms with Crippen LogP contribution in [0.4, 0.5) is 4.39 Å². The summed E-state index contributed by atoms with van der Waals surface area (Å²) in [5, 5.41) is 8.94. The molecule has 0 spiro atoms. The first-order chi connectivity index (χ1) is 7.42. The van der Waals surface area contributed by atoms with Gasteiger partial charge in [-0.1, -0.05) is 0 Å². The number of rotatable bonds is 1. The van der Waals surface area contributed by atoms with Gasteiger partial charge in [-0.05, 0) is 30.7 Å². The lowest BCUT2D eigenvalue weighted by Crippen LogP contribution is -2.45. The lowest BCUT2D eigenvalue weighted by atomic mass is 9.90. The summed E-state index contributed by atoms with van der Waals surface area (Å²) in [6.45, 7) is 1.29. The van der Waals surface area contributed by atoms with Crippen LogP contribution >= 0.6 is 0 Å². The minimum Gasteiger partial charge on any atom is -0.478 e. The van der Waals surface area contributed by atoms with Crippen LogP contribution in [0, 0.1) is 5.82 Å². The number of carboxylic acid groups (broad SMARTS) is 1. The third-order valence-electron chi connectivity index (χ3n) is 2.59. The fraction of sp³-hybridized carbons (Fsp3) is 0.273. The topological polar surface area (TPSA) is 63.6 Å². The molecule has 0 bridgehead atoms. The zero-order valence-corrected chi connectivity index (χ0v) is 8.49. The summed E-state index contributed by atoms with van der Waals surface area (Å²) in [4.78, 5) is 22.5. The Hall–Kier alpha value is -1.91. The van der Waals surface area contributed by atoms with E-state index in [9.17, 15) is 14.0 Å². The average Bonchev–Trinajstić information content (AvgIpc) is 2.16. The summed E-state index contributed by atoms with van der Waals surface area (Å²) in [6, 6.07) is 3.61. The van der Waals surface area contributed by atoms with E-state index in [4.69, 9.17) is 9.84 Å². The fourth-order valence-corrected chi connectivity index (χ4v) is 1.69. The van der Waals surface area contributed by atoms with Gasteiger partial charge in [-0.15, -0.1) is 0 Å². The van der Waals surface area contributed by atoms with Crippen LogP contribution in [0.2, 0.25) is 0 Å². The standard InChI is InChI=1S/C11H9FO4/c1-11(10(14)15)5-6-4-7(12)2-3-8(6)9(13)16-11/h2-4H,5H2,1H3,(H,14,15). The van der Waals surface area contributed by atoms with E-state index in [1.54, 1.807) is 0 Å². The Bertz CT molecular complexity index is 483. The minimum absolute atomic E-state index is 0.0266. The zero-order chi connectivity index (χ0) is 11.9. The first-order valence-corrected chi connectivity index (χ1v) is 4.67. The first-order valence-electron chi connectivity index (χ1n) is 4.67. The van der Waals surface area contributed by atoms with E-state index in [0.717, 1.165) is 12.1 Å². The average molecular weight is 224 g/mol. The van der Waals surface area contributed by atoms with Gasteiger partial charge in [0.15, 0.2) is 0 Å². The highest BCUT2D eigenvalue weighted by atomic mass is 19.1. The number of halogens is 1. The van der Waals surface area contributed by atoms with Gasteiger partial charge in [-0.2, -0.15) is 0 Å².